The van der Waals surface area contributed by atoms with E-state index in [9.17, 15) is 9.18 Å². The van der Waals surface area contributed by atoms with E-state index >= 15 is 0 Å². The molecule has 0 N–H and O–H groups in total. The van der Waals surface area contributed by atoms with E-state index in [1.807, 2.05) is 53.7 Å². The number of anilines is 1. The molecule has 8 heteroatoms. The van der Waals surface area contributed by atoms with Gasteiger partial charge in [0.1, 0.15) is 11.6 Å². The van der Waals surface area contributed by atoms with Crippen LogP contribution in [0.5, 0.6) is 5.75 Å². The van der Waals surface area contributed by atoms with Crippen molar-refractivity contribution < 1.29 is 23.4 Å². The minimum absolute atomic E-state index is 0.239. The predicted molar refractivity (Wildman–Crippen MR) is 185 cm³/mol. The number of carbonyl (C=O) groups excluding carboxylic acids is 1. The van der Waals surface area contributed by atoms with Crippen LogP contribution in [-0.4, -0.2) is 42.4 Å². The molecule has 1 aromatic heterocycles. The Morgan fingerprint density at radius 2 is 1.67 bits per heavy atom. The Hall–Kier alpha value is -2.97. The van der Waals surface area contributed by atoms with Crippen LogP contribution in [0.4, 0.5) is 10.1 Å². The standard InChI is InChI=1S/C38H48BrFN2O4/c1-25(2)45-36(43)35(46-37(4,5)6)32-26(3)41-31(24-39)33(34(32)42-21-19-38(20-22-42)17-7-18-38)28-10-14-30(15-11-28)44-23-16-27-8-12-29(40)13-9-27/h8-15,25,35H,7,16-24H2,1-6H3. The Morgan fingerprint density at radius 3 is 2.22 bits per heavy atom. The normalized spacial score (nSPS) is 16.8. The van der Waals surface area contributed by atoms with Gasteiger partial charge in [0.25, 0.3) is 0 Å². The number of carbonyl (C=O) groups is 1. The van der Waals surface area contributed by atoms with E-state index in [1.54, 1.807) is 12.1 Å². The fourth-order valence-corrected chi connectivity index (χ4v) is 7.12. The molecule has 0 radical (unpaired) electrons. The highest BCUT2D eigenvalue weighted by Gasteiger charge is 2.42. The molecule has 248 valence electrons. The number of halogens is 2. The van der Waals surface area contributed by atoms with Crippen molar-refractivity contribution in [2.45, 2.75) is 103 Å². The van der Waals surface area contributed by atoms with Crippen molar-refractivity contribution in [3.63, 3.8) is 0 Å². The summed E-state index contributed by atoms with van der Waals surface area (Å²) in [5.41, 5.74) is 6.37. The van der Waals surface area contributed by atoms with Gasteiger partial charge in [0.15, 0.2) is 6.10 Å². The molecule has 0 bridgehead atoms. The van der Waals surface area contributed by atoms with Gasteiger partial charge in [-0.1, -0.05) is 46.6 Å². The molecule has 1 saturated carbocycles. The molecular formula is C38H48BrFN2O4. The van der Waals surface area contributed by atoms with Crippen LogP contribution in [0, 0.1) is 18.2 Å². The summed E-state index contributed by atoms with van der Waals surface area (Å²) < 4.78 is 31.7. The quantitative estimate of drug-likeness (QED) is 0.147. The number of hydrogen-bond donors (Lipinski definition) is 0. The van der Waals surface area contributed by atoms with E-state index in [2.05, 4.69) is 33.0 Å². The molecule has 2 aliphatic rings. The van der Waals surface area contributed by atoms with Crippen LogP contribution in [-0.2, 0) is 26.0 Å². The minimum atomic E-state index is -0.929. The molecule has 1 aliphatic heterocycles. The number of esters is 1. The number of nitrogens with zero attached hydrogens (tertiary/aromatic N) is 2. The second-order valence-electron chi connectivity index (χ2n) is 14.1. The first-order valence-corrected chi connectivity index (χ1v) is 17.7. The number of rotatable bonds is 11. The summed E-state index contributed by atoms with van der Waals surface area (Å²) in [5, 5.41) is 0.561. The first kappa shape index (κ1) is 34.4. The van der Waals surface area contributed by atoms with Crippen LogP contribution in [0.2, 0.25) is 0 Å². The number of aryl methyl sites for hydroxylation is 1. The average molecular weight is 696 g/mol. The molecule has 1 unspecified atom stereocenters. The third kappa shape index (κ3) is 8.11. The van der Waals surface area contributed by atoms with Gasteiger partial charge >= 0.3 is 5.97 Å². The highest BCUT2D eigenvalue weighted by molar-refractivity contribution is 9.08. The van der Waals surface area contributed by atoms with E-state index in [0.29, 0.717) is 23.8 Å². The first-order chi connectivity index (χ1) is 21.9. The fraction of sp³-hybridized carbons (Fsp3) is 0.526. The Balaban J connectivity index is 1.55. The third-order valence-corrected chi connectivity index (χ3v) is 9.70. The number of ether oxygens (including phenoxy) is 3. The average Bonchev–Trinajstić information content (AvgIpc) is 2.99. The van der Waals surface area contributed by atoms with Crippen LogP contribution in [0.3, 0.4) is 0 Å². The van der Waals surface area contributed by atoms with Gasteiger partial charge in [-0.2, -0.15) is 0 Å². The summed E-state index contributed by atoms with van der Waals surface area (Å²) in [4.78, 5) is 21.4. The zero-order chi connectivity index (χ0) is 33.1. The van der Waals surface area contributed by atoms with Crippen molar-refractivity contribution >= 4 is 27.6 Å². The molecule has 3 aromatic rings. The second-order valence-corrected chi connectivity index (χ2v) is 14.7. The van der Waals surface area contributed by atoms with Gasteiger partial charge in [0.2, 0.25) is 0 Å². The highest BCUT2D eigenvalue weighted by Crippen LogP contribution is 2.51. The fourth-order valence-electron chi connectivity index (χ4n) is 6.71. The number of pyridine rings is 1. The largest absolute Gasteiger partial charge is 0.493 e. The smallest absolute Gasteiger partial charge is 0.340 e. The molecule has 0 amide bonds. The van der Waals surface area contributed by atoms with E-state index in [-0.39, 0.29) is 11.9 Å². The van der Waals surface area contributed by atoms with Crippen molar-refractivity contribution in [1.29, 1.82) is 0 Å². The maximum Gasteiger partial charge on any atom is 0.340 e. The SMILES string of the molecule is Cc1nc(CBr)c(-c2ccc(OCCc3ccc(F)cc3)cc2)c(N2CCC3(CCC3)CC2)c1C(OC(C)(C)C)C(=O)OC(C)C. The molecule has 1 atom stereocenters. The van der Waals surface area contributed by atoms with Crippen LogP contribution in [0.1, 0.15) is 95.3 Å². The third-order valence-electron chi connectivity index (χ3n) is 9.17. The van der Waals surface area contributed by atoms with E-state index in [4.69, 9.17) is 19.2 Å². The zero-order valence-corrected chi connectivity index (χ0v) is 29.7. The lowest BCUT2D eigenvalue weighted by atomic mass is 9.63. The molecule has 6 nitrogen and oxygen atoms in total. The van der Waals surface area contributed by atoms with E-state index in [1.165, 1.54) is 31.4 Å². The summed E-state index contributed by atoms with van der Waals surface area (Å²) in [6.07, 6.45) is 5.69. The number of hydrogen-bond acceptors (Lipinski definition) is 6. The Bertz CT molecular complexity index is 1490. The highest BCUT2D eigenvalue weighted by atomic mass is 79.9. The Labute approximate surface area is 282 Å². The zero-order valence-electron chi connectivity index (χ0n) is 28.1. The molecule has 1 spiro atoms. The van der Waals surface area contributed by atoms with Crippen molar-refractivity contribution in [3.05, 3.63) is 76.9 Å². The van der Waals surface area contributed by atoms with Crippen LogP contribution < -0.4 is 9.64 Å². The van der Waals surface area contributed by atoms with Crippen LogP contribution in [0.25, 0.3) is 11.1 Å². The lowest BCUT2D eigenvalue weighted by molar-refractivity contribution is -0.171. The molecule has 5 rings (SSSR count). The lowest BCUT2D eigenvalue weighted by Gasteiger charge is -2.49. The second kappa shape index (κ2) is 14.4. The first-order valence-electron chi connectivity index (χ1n) is 16.6. The van der Waals surface area contributed by atoms with Crippen molar-refractivity contribution in [2.24, 2.45) is 5.41 Å². The maximum atomic E-state index is 13.8. The number of piperidine rings is 1. The van der Waals surface area contributed by atoms with E-state index < -0.39 is 17.7 Å². The van der Waals surface area contributed by atoms with Gasteiger partial charge in [0.05, 0.1) is 29.7 Å². The van der Waals surface area contributed by atoms with Crippen molar-refractivity contribution in [1.82, 2.24) is 4.98 Å². The minimum Gasteiger partial charge on any atom is -0.493 e. The molecule has 2 heterocycles. The summed E-state index contributed by atoms with van der Waals surface area (Å²) >= 11 is 3.73. The van der Waals surface area contributed by atoms with Gasteiger partial charge in [-0.05, 0) is 108 Å². The summed E-state index contributed by atoms with van der Waals surface area (Å²) in [7, 11) is 0. The number of benzene rings is 2. The molecular weight excluding hydrogens is 647 g/mol. The Morgan fingerprint density at radius 1 is 1.02 bits per heavy atom. The number of aromatic nitrogens is 1. The van der Waals surface area contributed by atoms with Gasteiger partial charge in [-0.3, -0.25) is 4.98 Å². The van der Waals surface area contributed by atoms with E-state index in [0.717, 1.165) is 71.0 Å². The number of alkyl halides is 1. The van der Waals surface area contributed by atoms with Crippen molar-refractivity contribution in [2.75, 3.05) is 24.6 Å². The van der Waals surface area contributed by atoms with Crippen LogP contribution in [0.15, 0.2) is 48.5 Å². The van der Waals surface area contributed by atoms with Gasteiger partial charge in [0, 0.05) is 41.7 Å². The molecule has 46 heavy (non-hydrogen) atoms. The van der Waals surface area contributed by atoms with Gasteiger partial charge in [-0.15, -0.1) is 0 Å². The molecule has 2 aromatic carbocycles. The summed E-state index contributed by atoms with van der Waals surface area (Å²) in [5.74, 6) is 0.120. The molecule has 1 saturated heterocycles. The lowest BCUT2D eigenvalue weighted by Crippen LogP contribution is -2.44. The Kier molecular flexibility index (Phi) is 10.8. The van der Waals surface area contributed by atoms with Gasteiger partial charge < -0.3 is 19.1 Å². The molecule has 2 fully saturated rings. The maximum absolute atomic E-state index is 13.8. The topological polar surface area (TPSA) is 60.9 Å². The predicted octanol–water partition coefficient (Wildman–Crippen LogP) is 9.29. The summed E-state index contributed by atoms with van der Waals surface area (Å²) in [6, 6.07) is 14.6. The molecule has 1 aliphatic carbocycles. The van der Waals surface area contributed by atoms with Crippen molar-refractivity contribution in [3.8, 4) is 16.9 Å². The van der Waals surface area contributed by atoms with Crippen LogP contribution >= 0.6 is 15.9 Å². The van der Waals surface area contributed by atoms with Gasteiger partial charge in [-0.25, -0.2) is 9.18 Å². The monoisotopic (exact) mass is 694 g/mol. The summed E-state index contributed by atoms with van der Waals surface area (Å²) in [6.45, 7) is 13.9.